The number of nitrogens with two attached hydrogens (primary N) is 1. The van der Waals surface area contributed by atoms with Crippen LogP contribution < -0.4 is 5.73 Å². The van der Waals surface area contributed by atoms with Crippen LogP contribution in [0.4, 0.5) is 0 Å². The van der Waals surface area contributed by atoms with Gasteiger partial charge in [0.05, 0.1) is 0 Å². The predicted molar refractivity (Wildman–Crippen MR) is 56.9 cm³/mol. The Bertz CT molecular complexity index is 107. The van der Waals surface area contributed by atoms with E-state index < -0.39 is 0 Å². The van der Waals surface area contributed by atoms with Gasteiger partial charge in [0.1, 0.15) is 0 Å². The average Bonchev–Trinajstić information content (AvgIpc) is 2.09. The minimum Gasteiger partial charge on any atom is -0.382 e. The second-order valence-electron chi connectivity index (χ2n) is 3.62. The molecule has 0 aromatic carbocycles. The molecule has 0 saturated carbocycles. The zero-order chi connectivity index (χ0) is 10.1. The fraction of sp³-hybridized carbons (Fsp3) is 1.00. The van der Waals surface area contributed by atoms with Gasteiger partial charge in [0.15, 0.2) is 0 Å². The van der Waals surface area contributed by atoms with Gasteiger partial charge in [-0.3, -0.25) is 0 Å². The average molecular weight is 188 g/mol. The van der Waals surface area contributed by atoms with Gasteiger partial charge in [-0.2, -0.15) is 0 Å². The maximum absolute atomic E-state index is 5.67. The Balaban J connectivity index is 3.15. The van der Waals surface area contributed by atoms with E-state index >= 15 is 0 Å². The Morgan fingerprint density at radius 3 is 2.62 bits per heavy atom. The first kappa shape index (κ1) is 12.9. The summed E-state index contributed by atoms with van der Waals surface area (Å²) in [5.74, 6) is 0. The molecule has 13 heavy (non-hydrogen) atoms. The van der Waals surface area contributed by atoms with Crippen molar-refractivity contribution in [2.45, 2.75) is 32.7 Å². The van der Waals surface area contributed by atoms with Crippen LogP contribution in [0.25, 0.3) is 0 Å². The van der Waals surface area contributed by atoms with E-state index in [0.717, 1.165) is 39.1 Å². The summed E-state index contributed by atoms with van der Waals surface area (Å²) >= 11 is 0. The van der Waals surface area contributed by atoms with Gasteiger partial charge in [-0.1, -0.05) is 0 Å². The molecule has 0 aromatic rings. The van der Waals surface area contributed by atoms with Crippen molar-refractivity contribution < 1.29 is 4.74 Å². The standard InChI is InChI=1S/C10H24N2O/c1-4-13-9-5-7-12(3)8-6-10(2)11/h10H,4-9,11H2,1-3H3. The molecular formula is C10H24N2O. The Labute approximate surface area is 82.2 Å². The van der Waals surface area contributed by atoms with Crippen LogP contribution in [-0.4, -0.2) is 44.3 Å². The quantitative estimate of drug-likeness (QED) is 0.579. The molecule has 0 rings (SSSR count). The van der Waals surface area contributed by atoms with Crippen LogP contribution in [0.5, 0.6) is 0 Å². The molecule has 0 aromatic heterocycles. The van der Waals surface area contributed by atoms with Gasteiger partial charge in [-0.15, -0.1) is 0 Å². The number of hydrogen-bond acceptors (Lipinski definition) is 3. The van der Waals surface area contributed by atoms with E-state index in [-0.39, 0.29) is 0 Å². The molecule has 1 unspecified atom stereocenters. The lowest BCUT2D eigenvalue weighted by molar-refractivity contribution is 0.135. The van der Waals surface area contributed by atoms with E-state index in [2.05, 4.69) is 11.9 Å². The zero-order valence-corrected chi connectivity index (χ0v) is 9.25. The van der Waals surface area contributed by atoms with Crippen LogP contribution in [0.3, 0.4) is 0 Å². The molecule has 80 valence electrons. The maximum atomic E-state index is 5.67. The van der Waals surface area contributed by atoms with Crippen molar-refractivity contribution in [1.82, 2.24) is 4.90 Å². The molecule has 0 saturated heterocycles. The summed E-state index contributed by atoms with van der Waals surface area (Å²) in [5, 5.41) is 0. The summed E-state index contributed by atoms with van der Waals surface area (Å²) in [6.07, 6.45) is 2.19. The highest BCUT2D eigenvalue weighted by Gasteiger charge is 1.99. The van der Waals surface area contributed by atoms with E-state index in [1.54, 1.807) is 0 Å². The van der Waals surface area contributed by atoms with Gasteiger partial charge < -0.3 is 15.4 Å². The molecule has 1 atom stereocenters. The Hall–Kier alpha value is -0.120. The van der Waals surface area contributed by atoms with Crippen molar-refractivity contribution in [2.24, 2.45) is 5.73 Å². The van der Waals surface area contributed by atoms with Gasteiger partial charge in [0.25, 0.3) is 0 Å². The van der Waals surface area contributed by atoms with Crippen molar-refractivity contribution in [3.63, 3.8) is 0 Å². The molecule has 0 aliphatic rings. The fourth-order valence-corrected chi connectivity index (χ4v) is 1.12. The molecule has 0 bridgehead atoms. The smallest absolute Gasteiger partial charge is 0.0478 e. The number of ether oxygens (including phenoxy) is 1. The van der Waals surface area contributed by atoms with E-state index in [1.165, 1.54) is 0 Å². The second-order valence-corrected chi connectivity index (χ2v) is 3.62. The van der Waals surface area contributed by atoms with Crippen molar-refractivity contribution in [2.75, 3.05) is 33.4 Å². The van der Waals surface area contributed by atoms with Crippen LogP contribution in [0.1, 0.15) is 26.7 Å². The summed E-state index contributed by atoms with van der Waals surface area (Å²) in [4.78, 5) is 2.31. The Morgan fingerprint density at radius 2 is 2.08 bits per heavy atom. The fourth-order valence-electron chi connectivity index (χ4n) is 1.12. The molecule has 0 heterocycles. The molecule has 3 heteroatoms. The van der Waals surface area contributed by atoms with Crippen LogP contribution in [0.15, 0.2) is 0 Å². The van der Waals surface area contributed by atoms with Gasteiger partial charge in [-0.05, 0) is 40.3 Å². The Morgan fingerprint density at radius 1 is 1.38 bits per heavy atom. The highest BCUT2D eigenvalue weighted by molar-refractivity contribution is 4.58. The number of nitrogens with zero attached hydrogens (tertiary/aromatic N) is 1. The van der Waals surface area contributed by atoms with E-state index in [9.17, 15) is 0 Å². The summed E-state index contributed by atoms with van der Waals surface area (Å²) in [6, 6.07) is 0.314. The molecule has 0 radical (unpaired) electrons. The van der Waals surface area contributed by atoms with Crippen molar-refractivity contribution in [1.29, 1.82) is 0 Å². The normalized spacial score (nSPS) is 13.6. The highest BCUT2D eigenvalue weighted by Crippen LogP contribution is 1.93. The lowest BCUT2D eigenvalue weighted by atomic mass is 10.2. The Kier molecular flexibility index (Phi) is 8.40. The van der Waals surface area contributed by atoms with Crippen LogP contribution in [-0.2, 0) is 4.74 Å². The van der Waals surface area contributed by atoms with Gasteiger partial charge in [-0.25, -0.2) is 0 Å². The second kappa shape index (κ2) is 8.48. The molecule has 0 aliphatic carbocycles. The van der Waals surface area contributed by atoms with Gasteiger partial charge in [0.2, 0.25) is 0 Å². The predicted octanol–water partition coefficient (Wildman–Crippen LogP) is 1.08. The van der Waals surface area contributed by atoms with Crippen LogP contribution in [0, 0.1) is 0 Å². The minimum absolute atomic E-state index is 0.314. The lowest BCUT2D eigenvalue weighted by Gasteiger charge is -2.17. The van der Waals surface area contributed by atoms with Gasteiger partial charge in [0, 0.05) is 25.8 Å². The van der Waals surface area contributed by atoms with Crippen LogP contribution >= 0.6 is 0 Å². The zero-order valence-electron chi connectivity index (χ0n) is 9.25. The van der Waals surface area contributed by atoms with E-state index in [4.69, 9.17) is 10.5 Å². The van der Waals surface area contributed by atoms with Crippen molar-refractivity contribution >= 4 is 0 Å². The molecule has 2 N–H and O–H groups in total. The first-order chi connectivity index (χ1) is 6.16. The first-order valence-corrected chi connectivity index (χ1v) is 5.18. The largest absolute Gasteiger partial charge is 0.382 e. The summed E-state index contributed by atoms with van der Waals surface area (Å²) < 4.78 is 5.26. The third kappa shape index (κ3) is 9.80. The number of rotatable bonds is 8. The highest BCUT2D eigenvalue weighted by atomic mass is 16.5. The lowest BCUT2D eigenvalue weighted by Crippen LogP contribution is -2.27. The molecule has 0 aliphatic heterocycles. The van der Waals surface area contributed by atoms with E-state index in [1.807, 2.05) is 13.8 Å². The van der Waals surface area contributed by atoms with E-state index in [0.29, 0.717) is 6.04 Å². The molecule has 3 nitrogen and oxygen atoms in total. The summed E-state index contributed by atoms with van der Waals surface area (Å²) in [7, 11) is 2.13. The maximum Gasteiger partial charge on any atom is 0.0478 e. The molecule has 0 amide bonds. The molecule has 0 spiro atoms. The van der Waals surface area contributed by atoms with Crippen LogP contribution in [0.2, 0.25) is 0 Å². The number of hydrogen-bond donors (Lipinski definition) is 1. The minimum atomic E-state index is 0.314. The third-order valence-corrected chi connectivity index (χ3v) is 2.00. The molecular weight excluding hydrogens is 164 g/mol. The summed E-state index contributed by atoms with van der Waals surface area (Å²) in [5.41, 5.74) is 5.67. The van der Waals surface area contributed by atoms with Gasteiger partial charge >= 0.3 is 0 Å². The SMILES string of the molecule is CCOCCCN(C)CCC(C)N. The topological polar surface area (TPSA) is 38.5 Å². The first-order valence-electron chi connectivity index (χ1n) is 5.18. The van der Waals surface area contributed by atoms with Crippen molar-refractivity contribution in [3.05, 3.63) is 0 Å². The third-order valence-electron chi connectivity index (χ3n) is 2.00. The monoisotopic (exact) mass is 188 g/mol. The molecule has 0 fully saturated rings. The van der Waals surface area contributed by atoms with Crippen molar-refractivity contribution in [3.8, 4) is 0 Å². The summed E-state index contributed by atoms with van der Waals surface area (Å²) in [6.45, 7) is 7.97.